The van der Waals surface area contributed by atoms with Crippen molar-refractivity contribution in [2.75, 3.05) is 13.2 Å². The Labute approximate surface area is 194 Å². The number of ether oxygens (including phenoxy) is 2. The van der Waals surface area contributed by atoms with Crippen LogP contribution in [-0.2, 0) is 19.1 Å². The van der Waals surface area contributed by atoms with Crippen molar-refractivity contribution in [2.45, 2.75) is 33.6 Å². The Morgan fingerprint density at radius 1 is 1.06 bits per heavy atom. The van der Waals surface area contributed by atoms with Crippen LogP contribution in [0.15, 0.2) is 58.4 Å². The van der Waals surface area contributed by atoms with Gasteiger partial charge in [0.25, 0.3) is 0 Å². The van der Waals surface area contributed by atoms with Gasteiger partial charge in [0.1, 0.15) is 5.82 Å². The summed E-state index contributed by atoms with van der Waals surface area (Å²) in [7, 11) is 0. The second-order valence-corrected chi connectivity index (χ2v) is 8.36. The molecule has 172 valence electrons. The molecular weight excluding hydrogens is 445 g/mol. The van der Waals surface area contributed by atoms with Crippen LogP contribution in [0.4, 0.5) is 4.39 Å². The van der Waals surface area contributed by atoms with Gasteiger partial charge in [0, 0.05) is 28.5 Å². The van der Waals surface area contributed by atoms with E-state index in [-0.39, 0.29) is 19.0 Å². The summed E-state index contributed by atoms with van der Waals surface area (Å²) in [5, 5.41) is 5.02. The summed E-state index contributed by atoms with van der Waals surface area (Å²) < 4.78 is 26.2. The molecule has 0 saturated carbocycles. The van der Waals surface area contributed by atoms with E-state index in [1.54, 1.807) is 39.8 Å². The Hall–Kier alpha value is -3.46. The van der Waals surface area contributed by atoms with Gasteiger partial charge in [-0.05, 0) is 52.0 Å². The predicted octanol–water partition coefficient (Wildman–Crippen LogP) is 4.56. The van der Waals surface area contributed by atoms with Crippen molar-refractivity contribution >= 4 is 28.2 Å². The van der Waals surface area contributed by atoms with E-state index < -0.39 is 17.9 Å². The SMILES string of the molecule is CCOC(=O)C1=C(C)NC(C)=C(C(=O)OCC)C1c1c(-c2ccc(F)cc2)nc2sccn12. The van der Waals surface area contributed by atoms with Crippen LogP contribution in [0.3, 0.4) is 0 Å². The molecule has 0 atom stereocenters. The zero-order valence-corrected chi connectivity index (χ0v) is 19.6. The monoisotopic (exact) mass is 469 g/mol. The quantitative estimate of drug-likeness (QED) is 0.533. The average Bonchev–Trinajstić information content (AvgIpc) is 3.35. The smallest absolute Gasteiger partial charge is 0.336 e. The Bertz CT molecular complexity index is 1250. The molecule has 0 saturated heterocycles. The summed E-state index contributed by atoms with van der Waals surface area (Å²) in [5.41, 5.74) is 3.62. The van der Waals surface area contributed by atoms with E-state index in [4.69, 9.17) is 14.5 Å². The lowest BCUT2D eigenvalue weighted by atomic mass is 9.81. The van der Waals surface area contributed by atoms with Crippen LogP contribution in [0.5, 0.6) is 0 Å². The number of carbonyl (C=O) groups is 2. The maximum atomic E-state index is 13.6. The van der Waals surface area contributed by atoms with Crippen molar-refractivity contribution in [3.63, 3.8) is 0 Å². The number of aromatic nitrogens is 2. The van der Waals surface area contributed by atoms with E-state index in [1.165, 1.54) is 23.5 Å². The van der Waals surface area contributed by atoms with E-state index in [1.807, 2.05) is 16.0 Å². The Kier molecular flexibility index (Phi) is 6.33. The standard InChI is InChI=1S/C24H24FN3O4S/c1-5-31-22(29)17-13(3)26-14(4)18(23(30)32-6-2)19(17)21-20(15-7-9-16(25)10-8-15)27-24-28(21)11-12-33-24/h7-12,19,26H,5-6H2,1-4H3. The first-order chi connectivity index (χ1) is 15.9. The molecule has 2 aromatic heterocycles. The van der Waals surface area contributed by atoms with Gasteiger partial charge in [0.15, 0.2) is 4.96 Å². The number of hydrogen-bond donors (Lipinski definition) is 1. The molecule has 0 radical (unpaired) electrons. The van der Waals surface area contributed by atoms with Crippen LogP contribution in [0.25, 0.3) is 16.2 Å². The maximum Gasteiger partial charge on any atom is 0.336 e. The van der Waals surface area contributed by atoms with Gasteiger partial charge in [-0.25, -0.2) is 19.0 Å². The van der Waals surface area contributed by atoms with E-state index in [2.05, 4.69) is 5.32 Å². The number of nitrogens with one attached hydrogen (secondary N) is 1. The minimum absolute atomic E-state index is 0.185. The van der Waals surface area contributed by atoms with Crippen molar-refractivity contribution in [1.82, 2.24) is 14.7 Å². The molecule has 3 heterocycles. The molecule has 0 fully saturated rings. The highest BCUT2D eigenvalue weighted by atomic mass is 32.1. The molecule has 0 aliphatic carbocycles. The van der Waals surface area contributed by atoms with Gasteiger partial charge in [-0.2, -0.15) is 0 Å². The third kappa shape index (κ3) is 4.04. The number of hydrogen-bond acceptors (Lipinski definition) is 7. The van der Waals surface area contributed by atoms with E-state index in [0.29, 0.717) is 44.5 Å². The number of rotatable bonds is 6. The summed E-state index contributed by atoms with van der Waals surface area (Å²) in [6.45, 7) is 7.37. The Morgan fingerprint density at radius 3 is 2.18 bits per heavy atom. The highest BCUT2D eigenvalue weighted by Crippen LogP contribution is 2.43. The second kappa shape index (κ2) is 9.19. The topological polar surface area (TPSA) is 81.9 Å². The largest absolute Gasteiger partial charge is 0.463 e. The molecule has 0 spiro atoms. The van der Waals surface area contributed by atoms with Gasteiger partial charge in [-0.15, -0.1) is 11.3 Å². The van der Waals surface area contributed by atoms with E-state index >= 15 is 0 Å². The minimum atomic E-state index is -0.797. The lowest BCUT2D eigenvalue weighted by molar-refractivity contribution is -0.139. The average molecular weight is 470 g/mol. The third-order valence-corrected chi connectivity index (χ3v) is 6.20. The highest BCUT2D eigenvalue weighted by molar-refractivity contribution is 7.15. The summed E-state index contributed by atoms with van der Waals surface area (Å²) in [6.07, 6.45) is 1.84. The second-order valence-electron chi connectivity index (χ2n) is 7.48. The summed E-state index contributed by atoms with van der Waals surface area (Å²) >= 11 is 1.42. The zero-order chi connectivity index (χ0) is 23.7. The number of nitrogens with zero attached hydrogens (tertiary/aromatic N) is 2. The molecule has 0 unspecified atom stereocenters. The third-order valence-electron chi connectivity index (χ3n) is 5.44. The number of dihydropyridines is 1. The number of benzene rings is 1. The van der Waals surface area contributed by atoms with Crippen LogP contribution in [0.2, 0.25) is 0 Å². The zero-order valence-electron chi connectivity index (χ0n) is 18.8. The number of halogens is 1. The van der Waals surface area contributed by atoms with Gasteiger partial charge in [-0.3, -0.25) is 4.40 Å². The number of imidazole rings is 1. The van der Waals surface area contributed by atoms with Gasteiger partial charge in [0.05, 0.1) is 41.7 Å². The molecule has 1 N–H and O–H groups in total. The van der Waals surface area contributed by atoms with Crippen LogP contribution in [-0.4, -0.2) is 34.5 Å². The maximum absolute atomic E-state index is 13.6. The molecule has 1 aliphatic heterocycles. The molecular formula is C24H24FN3O4S. The number of carbonyl (C=O) groups excluding carboxylic acids is 2. The van der Waals surface area contributed by atoms with Crippen LogP contribution >= 0.6 is 11.3 Å². The molecule has 7 nitrogen and oxygen atoms in total. The summed E-state index contributed by atoms with van der Waals surface area (Å²) in [6, 6.07) is 5.98. The highest BCUT2D eigenvalue weighted by Gasteiger charge is 2.41. The van der Waals surface area contributed by atoms with E-state index in [0.717, 1.165) is 0 Å². The van der Waals surface area contributed by atoms with Crippen LogP contribution < -0.4 is 5.32 Å². The van der Waals surface area contributed by atoms with Crippen molar-refractivity contribution in [3.8, 4) is 11.3 Å². The Balaban J connectivity index is 2.03. The lowest BCUT2D eigenvalue weighted by Crippen LogP contribution is -2.33. The number of allylic oxidation sites excluding steroid dienone is 2. The summed E-state index contributed by atoms with van der Waals surface area (Å²) in [4.78, 5) is 31.7. The first-order valence-electron chi connectivity index (χ1n) is 10.6. The normalized spacial score (nSPS) is 14.6. The van der Waals surface area contributed by atoms with Gasteiger partial charge < -0.3 is 14.8 Å². The molecule has 1 aliphatic rings. The summed E-state index contributed by atoms with van der Waals surface area (Å²) in [5.74, 6) is -2.22. The molecule has 1 aromatic carbocycles. The van der Waals surface area contributed by atoms with Gasteiger partial charge in [-0.1, -0.05) is 0 Å². The molecule has 0 amide bonds. The fourth-order valence-electron chi connectivity index (χ4n) is 4.13. The molecule has 9 heteroatoms. The predicted molar refractivity (Wildman–Crippen MR) is 123 cm³/mol. The number of fused-ring (bicyclic) bond motifs is 1. The number of thiazole rings is 1. The molecule has 33 heavy (non-hydrogen) atoms. The van der Waals surface area contributed by atoms with Crippen molar-refractivity contribution in [3.05, 3.63) is 69.9 Å². The van der Waals surface area contributed by atoms with E-state index in [9.17, 15) is 14.0 Å². The van der Waals surface area contributed by atoms with Crippen LogP contribution in [0.1, 0.15) is 39.3 Å². The Morgan fingerprint density at radius 2 is 1.64 bits per heavy atom. The first-order valence-corrected chi connectivity index (χ1v) is 11.5. The minimum Gasteiger partial charge on any atom is -0.463 e. The van der Waals surface area contributed by atoms with Crippen LogP contribution in [0, 0.1) is 5.82 Å². The molecule has 0 bridgehead atoms. The fraction of sp³-hybridized carbons (Fsp3) is 0.292. The first kappa shape index (κ1) is 22.7. The fourth-order valence-corrected chi connectivity index (χ4v) is 4.85. The molecule has 3 aromatic rings. The van der Waals surface area contributed by atoms with Gasteiger partial charge in [0.2, 0.25) is 0 Å². The van der Waals surface area contributed by atoms with Gasteiger partial charge >= 0.3 is 11.9 Å². The van der Waals surface area contributed by atoms with Crippen molar-refractivity contribution in [2.24, 2.45) is 0 Å². The van der Waals surface area contributed by atoms with Crippen molar-refractivity contribution in [1.29, 1.82) is 0 Å². The molecule has 4 rings (SSSR count). The lowest BCUT2D eigenvalue weighted by Gasteiger charge is -2.30. The number of esters is 2. The van der Waals surface area contributed by atoms with Crippen molar-refractivity contribution < 1.29 is 23.5 Å².